The Kier molecular flexibility index (Phi) is 5.43. The van der Waals surface area contributed by atoms with Crippen molar-refractivity contribution in [2.24, 2.45) is 5.41 Å². The van der Waals surface area contributed by atoms with Crippen molar-refractivity contribution in [2.75, 3.05) is 5.73 Å². The number of nitrogens with two attached hydrogens (primary N) is 1. The summed E-state index contributed by atoms with van der Waals surface area (Å²) in [7, 11) is 0. The molecule has 6 nitrogen and oxygen atoms in total. The van der Waals surface area contributed by atoms with Crippen LogP contribution in [0.3, 0.4) is 0 Å². The van der Waals surface area contributed by atoms with E-state index in [0.717, 1.165) is 23.1 Å². The van der Waals surface area contributed by atoms with Gasteiger partial charge in [0.1, 0.15) is 5.69 Å². The van der Waals surface area contributed by atoms with Gasteiger partial charge >= 0.3 is 0 Å². The summed E-state index contributed by atoms with van der Waals surface area (Å²) >= 11 is 0. The topological polar surface area (TPSA) is 85.4 Å². The smallest absolute Gasteiger partial charge is 0.133 e. The van der Waals surface area contributed by atoms with Crippen LogP contribution >= 0.6 is 24.8 Å². The van der Waals surface area contributed by atoms with Crippen LogP contribution in [0.5, 0.6) is 0 Å². The lowest BCUT2D eigenvalue weighted by atomic mass is 9.97. The third kappa shape index (κ3) is 3.51. The van der Waals surface area contributed by atoms with Crippen molar-refractivity contribution >= 4 is 41.4 Å². The van der Waals surface area contributed by atoms with E-state index in [0.29, 0.717) is 11.4 Å². The van der Waals surface area contributed by atoms with Crippen LogP contribution in [-0.2, 0) is 6.54 Å². The van der Waals surface area contributed by atoms with Gasteiger partial charge in [0.25, 0.3) is 0 Å². The highest BCUT2D eigenvalue weighted by Crippen LogP contribution is 2.26. The molecule has 8 heteroatoms. The van der Waals surface area contributed by atoms with E-state index < -0.39 is 0 Å². The number of fused-ring (bicyclic) bond motifs is 1. The molecule has 3 N–H and O–H groups in total. The lowest BCUT2D eigenvalue weighted by Gasteiger charge is -2.18. The van der Waals surface area contributed by atoms with Crippen LogP contribution in [0.25, 0.3) is 22.3 Å². The van der Waals surface area contributed by atoms with Gasteiger partial charge in [-0.1, -0.05) is 20.8 Å². The minimum Gasteiger partial charge on any atom is -0.396 e. The van der Waals surface area contributed by atoms with Crippen LogP contribution in [0.1, 0.15) is 20.8 Å². The highest BCUT2D eigenvalue weighted by Gasteiger charge is 2.15. The first-order valence-electron chi connectivity index (χ1n) is 6.55. The molecule has 3 heterocycles. The predicted molar refractivity (Wildman–Crippen MR) is 93.5 cm³/mol. The number of nitrogens with zero attached hydrogens (tertiary/aromatic N) is 4. The molecule has 0 bridgehead atoms. The van der Waals surface area contributed by atoms with E-state index in [-0.39, 0.29) is 30.2 Å². The van der Waals surface area contributed by atoms with E-state index in [4.69, 9.17) is 5.73 Å². The van der Waals surface area contributed by atoms with E-state index in [1.807, 2.05) is 23.1 Å². The highest BCUT2D eigenvalue weighted by molar-refractivity contribution is 5.85. The number of nitrogen functional groups attached to an aromatic ring is 1. The first kappa shape index (κ1) is 18.3. The molecule has 0 unspecified atom stereocenters. The Balaban J connectivity index is 0.00000121. The Labute approximate surface area is 141 Å². The van der Waals surface area contributed by atoms with Crippen molar-refractivity contribution < 1.29 is 0 Å². The van der Waals surface area contributed by atoms with E-state index in [1.165, 1.54) is 0 Å². The first-order chi connectivity index (χ1) is 9.44. The second-order valence-corrected chi connectivity index (χ2v) is 6.18. The van der Waals surface area contributed by atoms with Gasteiger partial charge in [0, 0.05) is 24.3 Å². The summed E-state index contributed by atoms with van der Waals surface area (Å²) < 4.78 is 2.00. The number of nitrogens with one attached hydrogen (secondary N) is 1. The summed E-state index contributed by atoms with van der Waals surface area (Å²) in [5, 5.41) is 12.4. The molecule has 0 aliphatic rings. The molecular weight excluding hydrogens is 323 g/mol. The van der Waals surface area contributed by atoms with Crippen molar-refractivity contribution in [3.63, 3.8) is 0 Å². The Morgan fingerprint density at radius 2 is 1.95 bits per heavy atom. The van der Waals surface area contributed by atoms with Crippen LogP contribution < -0.4 is 5.73 Å². The van der Waals surface area contributed by atoms with Crippen LogP contribution in [-0.4, -0.2) is 25.0 Å². The van der Waals surface area contributed by atoms with Crippen molar-refractivity contribution in [2.45, 2.75) is 27.3 Å². The molecule has 3 aromatic rings. The summed E-state index contributed by atoms with van der Waals surface area (Å²) in [6.45, 7) is 7.41. The second-order valence-electron chi connectivity index (χ2n) is 6.18. The zero-order valence-electron chi connectivity index (χ0n) is 12.7. The quantitative estimate of drug-likeness (QED) is 0.748. The van der Waals surface area contributed by atoms with E-state index in [9.17, 15) is 0 Å². The Morgan fingerprint density at radius 3 is 2.55 bits per heavy atom. The SMILES string of the molecule is CC(C)(C)Cn1ncc2cnc(-c3n[nH]cc3N)cc21.Cl.Cl. The number of H-pyrrole nitrogens is 1. The average Bonchev–Trinajstić information content (AvgIpc) is 2.94. The van der Waals surface area contributed by atoms with Gasteiger partial charge in [-0.05, 0) is 11.5 Å². The summed E-state index contributed by atoms with van der Waals surface area (Å²) in [4.78, 5) is 4.40. The van der Waals surface area contributed by atoms with Crippen LogP contribution in [0.2, 0.25) is 0 Å². The fourth-order valence-corrected chi connectivity index (χ4v) is 2.18. The van der Waals surface area contributed by atoms with Crippen LogP contribution in [0.4, 0.5) is 5.69 Å². The number of aromatic nitrogens is 5. The number of hydrogen-bond donors (Lipinski definition) is 2. The molecule has 0 amide bonds. The van der Waals surface area contributed by atoms with Crippen molar-refractivity contribution in [3.05, 3.63) is 24.7 Å². The van der Waals surface area contributed by atoms with Gasteiger partial charge < -0.3 is 5.73 Å². The zero-order valence-corrected chi connectivity index (χ0v) is 14.3. The summed E-state index contributed by atoms with van der Waals surface area (Å²) in [6, 6.07) is 1.99. The molecule has 22 heavy (non-hydrogen) atoms. The third-order valence-corrected chi connectivity index (χ3v) is 3.06. The van der Waals surface area contributed by atoms with Gasteiger partial charge in [-0.3, -0.25) is 14.8 Å². The summed E-state index contributed by atoms with van der Waals surface area (Å²) in [5.74, 6) is 0. The van der Waals surface area contributed by atoms with Gasteiger partial charge in [-0.15, -0.1) is 24.8 Å². The van der Waals surface area contributed by atoms with Crippen molar-refractivity contribution in [1.29, 1.82) is 0 Å². The fourth-order valence-electron chi connectivity index (χ4n) is 2.18. The monoisotopic (exact) mass is 342 g/mol. The standard InChI is InChI=1S/C14H18N6.2ClH/c1-14(2,3)8-20-12-4-11(13-10(15)7-17-19-13)16-5-9(12)6-18-20;;/h4-7H,8,15H2,1-3H3,(H,17,19);2*1H. The first-order valence-corrected chi connectivity index (χ1v) is 6.55. The van der Waals surface area contributed by atoms with Crippen LogP contribution in [0, 0.1) is 5.41 Å². The number of halogens is 2. The van der Waals surface area contributed by atoms with E-state index in [1.54, 1.807) is 6.20 Å². The fraction of sp³-hybridized carbons (Fsp3) is 0.357. The number of rotatable bonds is 2. The molecular formula is C14H20Cl2N6. The number of aromatic amines is 1. The van der Waals surface area contributed by atoms with Gasteiger partial charge in [-0.2, -0.15) is 10.2 Å². The minimum absolute atomic E-state index is 0. The predicted octanol–water partition coefficient (Wildman–Crippen LogP) is 3.29. The van der Waals surface area contributed by atoms with Gasteiger partial charge in [0.2, 0.25) is 0 Å². The highest BCUT2D eigenvalue weighted by atomic mass is 35.5. The second kappa shape index (κ2) is 6.54. The van der Waals surface area contributed by atoms with Gasteiger partial charge in [0.15, 0.2) is 0 Å². The Bertz CT molecular complexity index is 756. The Morgan fingerprint density at radius 1 is 1.23 bits per heavy atom. The molecule has 0 saturated heterocycles. The normalized spacial score (nSPS) is 11.0. The zero-order chi connectivity index (χ0) is 14.3. The van der Waals surface area contributed by atoms with Crippen molar-refractivity contribution in [1.82, 2.24) is 25.0 Å². The van der Waals surface area contributed by atoms with Crippen molar-refractivity contribution in [3.8, 4) is 11.4 Å². The lowest BCUT2D eigenvalue weighted by molar-refractivity contribution is 0.331. The number of anilines is 1. The maximum atomic E-state index is 5.88. The molecule has 0 spiro atoms. The lowest BCUT2D eigenvalue weighted by Crippen LogP contribution is -2.16. The van der Waals surface area contributed by atoms with Gasteiger partial charge in [-0.25, -0.2) is 0 Å². The molecule has 0 aromatic carbocycles. The molecule has 3 aromatic heterocycles. The molecule has 0 saturated carbocycles. The molecule has 0 radical (unpaired) electrons. The summed E-state index contributed by atoms with van der Waals surface area (Å²) in [6.07, 6.45) is 5.31. The molecule has 0 atom stereocenters. The maximum Gasteiger partial charge on any atom is 0.133 e. The largest absolute Gasteiger partial charge is 0.396 e. The van der Waals surface area contributed by atoms with Crippen LogP contribution in [0.15, 0.2) is 24.7 Å². The number of hydrogen-bond acceptors (Lipinski definition) is 4. The maximum absolute atomic E-state index is 5.88. The molecule has 0 fully saturated rings. The molecule has 120 valence electrons. The summed E-state index contributed by atoms with van der Waals surface area (Å²) in [5.41, 5.74) is 9.11. The average molecular weight is 343 g/mol. The molecule has 3 rings (SSSR count). The third-order valence-electron chi connectivity index (χ3n) is 3.06. The van der Waals surface area contributed by atoms with Gasteiger partial charge in [0.05, 0.1) is 23.1 Å². The van der Waals surface area contributed by atoms with E-state index >= 15 is 0 Å². The Hall–Kier alpha value is -1.79. The molecule has 0 aliphatic carbocycles. The molecule has 0 aliphatic heterocycles. The minimum atomic E-state index is 0. The number of pyridine rings is 1. The van der Waals surface area contributed by atoms with E-state index in [2.05, 4.69) is 41.1 Å².